The molecule has 0 fully saturated rings. The number of aromatic nitrogens is 3. The summed E-state index contributed by atoms with van der Waals surface area (Å²) >= 11 is 0. The molecular weight excluding hydrogens is 863 g/mol. The Balaban J connectivity index is 1.44. The van der Waals surface area contributed by atoms with Crippen molar-refractivity contribution in [1.29, 1.82) is 0 Å². The number of benzene rings is 6. The molecule has 0 aliphatic carbocycles. The number of rotatable bonds is 22. The lowest BCUT2D eigenvalue weighted by molar-refractivity contribution is 0.226. The zero-order valence-electron chi connectivity index (χ0n) is 34.2. The molecule has 2 unspecified atom stereocenters. The van der Waals surface area contributed by atoms with Crippen molar-refractivity contribution in [2.75, 3.05) is 33.0 Å². The Morgan fingerprint density at radius 1 is 0.413 bits per heavy atom. The van der Waals surface area contributed by atoms with E-state index in [1.807, 2.05) is 97.1 Å². The van der Waals surface area contributed by atoms with Gasteiger partial charge in [-0.25, -0.2) is 0 Å². The third-order valence-corrected chi connectivity index (χ3v) is 14.1. The zero-order valence-corrected chi connectivity index (χ0v) is 36.9. The maximum absolute atomic E-state index is 10.0. The van der Waals surface area contributed by atoms with E-state index in [9.17, 15) is 25.5 Å². The van der Waals surface area contributed by atoms with Crippen LogP contribution < -0.4 is 28.2 Å². The fourth-order valence-electron chi connectivity index (χ4n) is 6.46. The first kappa shape index (κ1) is 45.3. The van der Waals surface area contributed by atoms with Crippen LogP contribution in [-0.4, -0.2) is 71.6 Å². The first-order chi connectivity index (χ1) is 31.0. The van der Waals surface area contributed by atoms with E-state index >= 15 is 0 Å². The van der Waals surface area contributed by atoms with Crippen molar-refractivity contribution >= 4 is 24.7 Å². The molecule has 7 aromatic rings. The van der Waals surface area contributed by atoms with E-state index < -0.39 is 16.2 Å². The van der Waals surface area contributed by atoms with Gasteiger partial charge in [-0.2, -0.15) is 0 Å². The lowest BCUT2D eigenvalue weighted by Gasteiger charge is -2.23. The Morgan fingerprint density at radius 3 is 1.33 bits per heavy atom. The Bertz CT molecular complexity index is 2600. The van der Waals surface area contributed by atoms with Gasteiger partial charge in [-0.05, 0) is 107 Å². The zero-order chi connectivity index (χ0) is 43.8. The van der Waals surface area contributed by atoms with Crippen LogP contribution in [0, 0.1) is 0 Å². The fourth-order valence-corrected chi connectivity index (χ4v) is 11.4. The van der Waals surface area contributed by atoms with Gasteiger partial charge in [0, 0.05) is 33.0 Å². The van der Waals surface area contributed by atoms with Crippen molar-refractivity contribution in [1.82, 2.24) is 13.0 Å². The van der Waals surface area contributed by atoms with Crippen LogP contribution in [0.1, 0.15) is 27.8 Å². The van der Waals surface area contributed by atoms with E-state index in [0.717, 1.165) is 27.8 Å². The molecule has 0 aliphatic rings. The lowest BCUT2D eigenvalue weighted by atomic mass is 10.1. The van der Waals surface area contributed by atoms with Gasteiger partial charge in [-0.1, -0.05) is 101 Å². The standard InChI is InChI=1S/C46H48N3O11P3/c50-29-24-34-12-1-6-17-39(34)55-44-22-11-23-45(46(44)56-40-18-7-2-13-35(40)25-30-51)59-62-47-61-48(57-41-19-8-3-14-36(41)26-31-52)63(60-43-21-10-5-16-38(43)28-33-54)49(62)58-42-20-9-4-15-37(42)27-32-53/h1-23,50-54H,24-33H2. The summed E-state index contributed by atoms with van der Waals surface area (Å²) in [5.41, 5.74) is 3.77. The number of ether oxygens (including phenoxy) is 2. The van der Waals surface area contributed by atoms with Crippen LogP contribution >= 0.6 is 24.7 Å². The minimum absolute atomic E-state index is 0.0764. The van der Waals surface area contributed by atoms with Crippen LogP contribution in [0.2, 0.25) is 0 Å². The third-order valence-electron chi connectivity index (χ3n) is 9.50. The van der Waals surface area contributed by atoms with Crippen LogP contribution in [0.5, 0.6) is 46.0 Å². The first-order valence-corrected chi connectivity index (χ1v) is 23.4. The summed E-state index contributed by atoms with van der Waals surface area (Å²) in [4.78, 5) is 13.4. The van der Waals surface area contributed by atoms with E-state index in [2.05, 4.69) is 0 Å². The Hall–Kier alpha value is -5.78. The average molecular weight is 912 g/mol. The normalized spacial score (nSPS) is 11.6. The Kier molecular flexibility index (Phi) is 16.6. The number of hydrogen-bond donors (Lipinski definition) is 5. The highest BCUT2D eigenvalue weighted by Gasteiger charge is 2.25. The topological polar surface area (TPSA) is 179 Å². The summed E-state index contributed by atoms with van der Waals surface area (Å²) in [6, 6.07) is 42.1. The summed E-state index contributed by atoms with van der Waals surface area (Å²) in [5, 5.41) is 49.7. The smallest absolute Gasteiger partial charge is 0.319 e. The highest BCUT2D eigenvalue weighted by Crippen LogP contribution is 2.49. The predicted octanol–water partition coefficient (Wildman–Crippen LogP) is 8.99. The number of para-hydroxylation sites is 6. The molecule has 328 valence electrons. The summed E-state index contributed by atoms with van der Waals surface area (Å²) < 4.78 is 35.2. The van der Waals surface area contributed by atoms with Crippen molar-refractivity contribution in [3.05, 3.63) is 167 Å². The molecule has 7 rings (SSSR count). The number of aliphatic hydroxyl groups excluding tert-OH is 5. The highest BCUT2D eigenvalue weighted by molar-refractivity contribution is 7.56. The number of nitrogens with zero attached hydrogens (tertiary/aromatic N) is 3. The second kappa shape index (κ2) is 23.1. The van der Waals surface area contributed by atoms with Crippen molar-refractivity contribution in [2.24, 2.45) is 0 Å². The van der Waals surface area contributed by atoms with Gasteiger partial charge in [0.15, 0.2) is 31.5 Å². The molecule has 0 aliphatic heterocycles. The monoisotopic (exact) mass is 911 g/mol. The molecular formula is C46H48N3O11P3. The summed E-state index contributed by atoms with van der Waals surface area (Å²) in [6.07, 6.45) is 1.66. The Labute approximate surface area is 368 Å². The second-order valence-electron chi connectivity index (χ2n) is 13.7. The first-order valence-electron chi connectivity index (χ1n) is 20.3. The number of hydrogen-bond acceptors (Lipinski definition) is 12. The van der Waals surface area contributed by atoms with Crippen LogP contribution in [0.15, 0.2) is 140 Å². The average Bonchev–Trinajstić information content (AvgIpc) is 3.30. The molecule has 2 atom stereocenters. The molecule has 14 nitrogen and oxygen atoms in total. The van der Waals surface area contributed by atoms with Gasteiger partial charge in [-0.15, -0.1) is 4.51 Å². The molecule has 0 bridgehead atoms. The maximum Gasteiger partial charge on any atom is 0.319 e. The molecule has 5 N–H and O–H groups in total. The van der Waals surface area contributed by atoms with Gasteiger partial charge >= 0.3 is 16.2 Å². The second-order valence-corrected chi connectivity index (χ2v) is 18.1. The summed E-state index contributed by atoms with van der Waals surface area (Å²) in [6.45, 7) is -0.510. The fraction of sp³-hybridized carbons (Fsp3) is 0.217. The molecule has 0 amide bonds. The van der Waals surface area contributed by atoms with E-state index in [-0.39, 0.29) is 53.0 Å². The quantitative estimate of drug-likeness (QED) is 0.0437. The molecule has 6 aromatic carbocycles. The van der Waals surface area contributed by atoms with E-state index in [1.165, 1.54) is 8.51 Å². The van der Waals surface area contributed by atoms with Crippen LogP contribution in [-0.2, 0) is 32.1 Å². The SMILES string of the molecule is OCCc1ccccc1Oc1cccc(Op2npn(Oc3ccccc3CCO)p(Oc3ccccc3CCO)n2Oc2ccccc2CCO)c1Oc1ccccc1CCO. The molecule has 0 saturated carbocycles. The van der Waals surface area contributed by atoms with Gasteiger partial charge in [0.1, 0.15) is 17.2 Å². The van der Waals surface area contributed by atoms with E-state index in [1.54, 1.807) is 42.5 Å². The Morgan fingerprint density at radius 2 is 0.810 bits per heavy atom. The third kappa shape index (κ3) is 11.6. The number of aliphatic hydroxyl groups is 5. The lowest BCUT2D eigenvalue weighted by Crippen LogP contribution is -2.16. The minimum Gasteiger partial charge on any atom is -0.453 e. The largest absolute Gasteiger partial charge is 0.453 e. The van der Waals surface area contributed by atoms with Crippen molar-refractivity contribution in [3.8, 4) is 46.0 Å². The maximum atomic E-state index is 10.0. The molecule has 0 saturated heterocycles. The summed E-state index contributed by atoms with van der Waals surface area (Å²) in [5.74, 6) is 3.12. The van der Waals surface area contributed by atoms with Crippen LogP contribution in [0.4, 0.5) is 0 Å². The van der Waals surface area contributed by atoms with E-state index in [0.29, 0.717) is 66.6 Å². The van der Waals surface area contributed by atoms with Crippen LogP contribution in [0.3, 0.4) is 0 Å². The molecule has 63 heavy (non-hydrogen) atoms. The van der Waals surface area contributed by atoms with Crippen LogP contribution in [0.25, 0.3) is 0 Å². The van der Waals surface area contributed by atoms with Gasteiger partial charge in [-0.3, -0.25) is 0 Å². The van der Waals surface area contributed by atoms with Gasteiger partial charge in [0.2, 0.25) is 5.75 Å². The molecule has 0 radical (unpaired) electrons. The summed E-state index contributed by atoms with van der Waals surface area (Å²) in [7, 11) is -4.04. The van der Waals surface area contributed by atoms with E-state index in [4.69, 9.17) is 32.7 Å². The highest BCUT2D eigenvalue weighted by atomic mass is 31.2. The van der Waals surface area contributed by atoms with Crippen molar-refractivity contribution < 1.29 is 53.7 Å². The molecule has 0 spiro atoms. The molecule has 1 heterocycles. The molecule has 17 heteroatoms. The van der Waals surface area contributed by atoms with Gasteiger partial charge < -0.3 is 53.7 Å². The van der Waals surface area contributed by atoms with Gasteiger partial charge in [0.25, 0.3) is 0 Å². The predicted molar refractivity (Wildman–Crippen MR) is 243 cm³/mol. The molecule has 1 aromatic heterocycles. The minimum atomic E-state index is -2.17. The van der Waals surface area contributed by atoms with Gasteiger partial charge in [0.05, 0.1) is 0 Å². The van der Waals surface area contributed by atoms with Crippen molar-refractivity contribution in [2.45, 2.75) is 32.1 Å². The van der Waals surface area contributed by atoms with Crippen molar-refractivity contribution in [3.63, 3.8) is 0 Å².